The molecule has 3 nitrogen and oxygen atoms in total. The Kier molecular flexibility index (Phi) is 5.22. The van der Waals surface area contributed by atoms with Gasteiger partial charge in [0.05, 0.1) is 0 Å². The van der Waals surface area contributed by atoms with Crippen LogP contribution < -0.4 is 10.1 Å². The van der Waals surface area contributed by atoms with E-state index >= 15 is 0 Å². The fourth-order valence-electron chi connectivity index (χ4n) is 1.93. The fraction of sp³-hybridized carbons (Fsp3) is 0.312. The zero-order chi connectivity index (χ0) is 15.2. The van der Waals surface area contributed by atoms with E-state index in [1.807, 2.05) is 13.0 Å². The molecule has 1 N–H and O–H groups in total. The lowest BCUT2D eigenvalue weighted by Gasteiger charge is -2.10. The van der Waals surface area contributed by atoms with E-state index in [0.29, 0.717) is 5.88 Å². The number of aromatic nitrogens is 1. The Bertz CT molecular complexity index is 597. The van der Waals surface area contributed by atoms with Crippen molar-refractivity contribution in [2.45, 2.75) is 26.8 Å². The number of pyridine rings is 1. The molecule has 2 rings (SSSR count). The predicted molar refractivity (Wildman–Crippen MR) is 77.4 cm³/mol. The highest BCUT2D eigenvalue weighted by molar-refractivity contribution is 5.34. The fourth-order valence-corrected chi connectivity index (χ4v) is 1.93. The van der Waals surface area contributed by atoms with Gasteiger partial charge >= 0.3 is 0 Å². The van der Waals surface area contributed by atoms with Crippen LogP contribution in [-0.4, -0.2) is 11.5 Å². The number of benzene rings is 1. The van der Waals surface area contributed by atoms with Crippen molar-refractivity contribution in [1.82, 2.24) is 10.3 Å². The van der Waals surface area contributed by atoms with Gasteiger partial charge in [-0.05, 0) is 31.5 Å². The van der Waals surface area contributed by atoms with E-state index in [9.17, 15) is 8.78 Å². The van der Waals surface area contributed by atoms with Crippen molar-refractivity contribution in [3.8, 4) is 11.6 Å². The third-order valence-electron chi connectivity index (χ3n) is 2.89. The van der Waals surface area contributed by atoms with Gasteiger partial charge in [-0.15, -0.1) is 0 Å². The van der Waals surface area contributed by atoms with E-state index in [1.54, 1.807) is 6.20 Å². The van der Waals surface area contributed by atoms with Crippen molar-refractivity contribution in [3.05, 3.63) is 53.2 Å². The summed E-state index contributed by atoms with van der Waals surface area (Å²) in [6, 6.07) is 5.00. The van der Waals surface area contributed by atoms with E-state index in [2.05, 4.69) is 17.2 Å². The molecule has 0 aliphatic carbocycles. The first-order chi connectivity index (χ1) is 10.1. The van der Waals surface area contributed by atoms with Crippen LogP contribution in [0.1, 0.15) is 24.5 Å². The number of hydrogen-bond acceptors (Lipinski definition) is 3. The number of nitrogens with one attached hydrogen (secondary N) is 1. The third kappa shape index (κ3) is 4.49. The minimum atomic E-state index is -0.678. The topological polar surface area (TPSA) is 34.2 Å². The highest BCUT2D eigenvalue weighted by Crippen LogP contribution is 2.24. The van der Waals surface area contributed by atoms with E-state index in [0.717, 1.165) is 48.8 Å². The smallest absolute Gasteiger partial charge is 0.222 e. The van der Waals surface area contributed by atoms with Gasteiger partial charge in [-0.1, -0.05) is 6.92 Å². The first kappa shape index (κ1) is 15.4. The van der Waals surface area contributed by atoms with Gasteiger partial charge in [0.1, 0.15) is 17.4 Å². The molecule has 21 heavy (non-hydrogen) atoms. The number of halogens is 2. The summed E-state index contributed by atoms with van der Waals surface area (Å²) in [4.78, 5) is 4.20. The molecule has 5 heteroatoms. The largest absolute Gasteiger partial charge is 0.439 e. The number of aryl methyl sites for hydroxylation is 1. The summed E-state index contributed by atoms with van der Waals surface area (Å²) >= 11 is 0. The van der Waals surface area contributed by atoms with Gasteiger partial charge in [-0.3, -0.25) is 0 Å². The lowest BCUT2D eigenvalue weighted by Crippen LogP contribution is -2.14. The highest BCUT2D eigenvalue weighted by atomic mass is 19.1. The summed E-state index contributed by atoms with van der Waals surface area (Å²) in [5, 5.41) is 3.28. The lowest BCUT2D eigenvalue weighted by atomic mass is 10.2. The number of ether oxygens (including phenoxy) is 1. The Morgan fingerprint density at radius 1 is 1.14 bits per heavy atom. The van der Waals surface area contributed by atoms with Gasteiger partial charge in [-0.2, -0.15) is 0 Å². The second-order valence-corrected chi connectivity index (χ2v) is 4.85. The summed E-state index contributed by atoms with van der Waals surface area (Å²) in [6.07, 6.45) is 2.76. The van der Waals surface area contributed by atoms with Crippen molar-refractivity contribution in [3.63, 3.8) is 0 Å². The normalized spacial score (nSPS) is 10.7. The number of nitrogens with zero attached hydrogens (tertiary/aromatic N) is 1. The maximum absolute atomic E-state index is 13.1. The summed E-state index contributed by atoms with van der Waals surface area (Å²) in [7, 11) is 0. The third-order valence-corrected chi connectivity index (χ3v) is 2.89. The van der Waals surface area contributed by atoms with Crippen LogP contribution in [0.25, 0.3) is 0 Å². The van der Waals surface area contributed by atoms with E-state index < -0.39 is 11.6 Å². The molecule has 0 radical (unpaired) electrons. The van der Waals surface area contributed by atoms with Crippen LogP contribution in [0.4, 0.5) is 8.78 Å². The molecule has 112 valence electrons. The van der Waals surface area contributed by atoms with E-state index in [-0.39, 0.29) is 5.75 Å². The summed E-state index contributed by atoms with van der Waals surface area (Å²) in [5.74, 6) is -0.912. The molecule has 0 atom stereocenters. The predicted octanol–water partition coefficient (Wildman–Crippen LogP) is 3.96. The van der Waals surface area contributed by atoms with Crippen molar-refractivity contribution in [2.75, 3.05) is 6.54 Å². The number of rotatable bonds is 6. The van der Waals surface area contributed by atoms with Crippen LogP contribution in [0.2, 0.25) is 0 Å². The molecule has 0 saturated carbocycles. The molecule has 0 unspecified atom stereocenters. The Morgan fingerprint density at radius 3 is 2.48 bits per heavy atom. The van der Waals surface area contributed by atoms with E-state index in [1.165, 1.54) is 0 Å². The molecule has 0 aliphatic rings. The van der Waals surface area contributed by atoms with Gasteiger partial charge in [-0.25, -0.2) is 13.8 Å². The second kappa shape index (κ2) is 7.13. The molecule has 1 heterocycles. The maximum atomic E-state index is 13.1. The molecular weight excluding hydrogens is 274 g/mol. The van der Waals surface area contributed by atoms with Crippen molar-refractivity contribution in [1.29, 1.82) is 0 Å². The molecular formula is C16H18F2N2O. The van der Waals surface area contributed by atoms with Gasteiger partial charge in [0, 0.05) is 36.5 Å². The quantitative estimate of drug-likeness (QED) is 0.818. The average molecular weight is 292 g/mol. The van der Waals surface area contributed by atoms with Crippen molar-refractivity contribution >= 4 is 0 Å². The molecule has 1 aromatic heterocycles. The highest BCUT2D eigenvalue weighted by Gasteiger charge is 2.07. The van der Waals surface area contributed by atoms with Gasteiger partial charge in [0.15, 0.2) is 0 Å². The lowest BCUT2D eigenvalue weighted by molar-refractivity contribution is 0.447. The Balaban J connectivity index is 2.10. The Hall–Kier alpha value is -2.01. The standard InChI is InChI=1S/C16H18F2N2O/c1-3-4-19-9-12-5-11(2)16(20-10-12)21-15-7-13(17)6-14(18)8-15/h5-8,10,19H,3-4,9H2,1-2H3. The first-order valence-corrected chi connectivity index (χ1v) is 6.88. The van der Waals surface area contributed by atoms with Crippen molar-refractivity contribution < 1.29 is 13.5 Å². The van der Waals surface area contributed by atoms with Gasteiger partial charge in [0.2, 0.25) is 5.88 Å². The molecule has 0 amide bonds. The molecule has 0 fully saturated rings. The monoisotopic (exact) mass is 292 g/mol. The molecule has 0 spiro atoms. The second-order valence-electron chi connectivity index (χ2n) is 4.85. The SMILES string of the molecule is CCCNCc1cnc(Oc2cc(F)cc(F)c2)c(C)c1. The van der Waals surface area contributed by atoms with Crippen molar-refractivity contribution in [2.24, 2.45) is 0 Å². The van der Waals surface area contributed by atoms with Crippen LogP contribution in [0.5, 0.6) is 11.6 Å². The minimum Gasteiger partial charge on any atom is -0.439 e. The van der Waals surface area contributed by atoms with Crippen LogP contribution in [-0.2, 0) is 6.54 Å². The molecule has 0 bridgehead atoms. The van der Waals surface area contributed by atoms with E-state index in [4.69, 9.17) is 4.74 Å². The van der Waals surface area contributed by atoms with Gasteiger partial charge in [0.25, 0.3) is 0 Å². The molecule has 0 saturated heterocycles. The van der Waals surface area contributed by atoms with Crippen LogP contribution in [0.15, 0.2) is 30.5 Å². The molecule has 2 aromatic rings. The minimum absolute atomic E-state index is 0.0972. The zero-order valence-electron chi connectivity index (χ0n) is 12.1. The number of hydrogen-bond donors (Lipinski definition) is 1. The maximum Gasteiger partial charge on any atom is 0.222 e. The van der Waals surface area contributed by atoms with Crippen LogP contribution in [0, 0.1) is 18.6 Å². The Morgan fingerprint density at radius 2 is 1.86 bits per heavy atom. The average Bonchev–Trinajstić information content (AvgIpc) is 2.41. The molecule has 1 aromatic carbocycles. The first-order valence-electron chi connectivity index (χ1n) is 6.88. The summed E-state index contributed by atoms with van der Waals surface area (Å²) < 4.78 is 31.7. The zero-order valence-corrected chi connectivity index (χ0v) is 12.1. The Labute approximate surface area is 123 Å². The molecule has 0 aliphatic heterocycles. The van der Waals surface area contributed by atoms with Crippen LogP contribution >= 0.6 is 0 Å². The van der Waals surface area contributed by atoms with Gasteiger partial charge < -0.3 is 10.1 Å². The summed E-state index contributed by atoms with van der Waals surface area (Å²) in [6.45, 7) is 5.63. The van der Waals surface area contributed by atoms with Crippen LogP contribution in [0.3, 0.4) is 0 Å². The summed E-state index contributed by atoms with van der Waals surface area (Å²) in [5.41, 5.74) is 1.86.